The molecule has 4 N–H and O–H groups in total. The number of nitrogens with one attached hydrogen (secondary N) is 2. The van der Waals surface area contributed by atoms with E-state index in [0.29, 0.717) is 18.8 Å². The Morgan fingerprint density at radius 1 is 1.33 bits per heavy atom. The Bertz CT molecular complexity index is 642. The Hall–Kier alpha value is -2.42. The van der Waals surface area contributed by atoms with Gasteiger partial charge in [0.2, 0.25) is 0 Å². The first-order valence-corrected chi connectivity index (χ1v) is 7.60. The van der Waals surface area contributed by atoms with Crippen molar-refractivity contribution in [3.05, 3.63) is 42.2 Å². The fourth-order valence-corrected chi connectivity index (χ4v) is 1.98. The van der Waals surface area contributed by atoms with E-state index in [9.17, 15) is 9.90 Å². The topological polar surface area (TPSA) is 109 Å². The van der Waals surface area contributed by atoms with E-state index in [0.717, 1.165) is 11.4 Å². The minimum Gasteiger partial charge on any atom is -0.394 e. The second kappa shape index (κ2) is 9.02. The van der Waals surface area contributed by atoms with Crippen molar-refractivity contribution in [3.63, 3.8) is 0 Å². The molecule has 0 aliphatic heterocycles. The van der Waals surface area contributed by atoms with Gasteiger partial charge >= 0.3 is 0 Å². The van der Waals surface area contributed by atoms with Gasteiger partial charge < -0.3 is 25.6 Å². The Morgan fingerprint density at radius 2 is 2.08 bits per heavy atom. The molecular weight excluding hydrogens is 312 g/mol. The van der Waals surface area contributed by atoms with Crippen LogP contribution in [-0.2, 0) is 4.74 Å². The highest BCUT2D eigenvalue weighted by Crippen LogP contribution is 2.13. The number of aliphatic hydroxyl groups excluding tert-OH is 2. The maximum absolute atomic E-state index is 11.9. The van der Waals surface area contributed by atoms with Crippen molar-refractivity contribution in [2.45, 2.75) is 6.10 Å². The standard InChI is InChI=1S/C16H22N4O4/c1-24-9-7-17-16(23)15-6-8-20(19-15)13-4-2-12(3-5-13)18-10-14(22)11-21/h2-6,8,14,18,21-22H,7,9-11H2,1H3,(H,17,23). The number of hydrogen-bond acceptors (Lipinski definition) is 6. The average molecular weight is 334 g/mol. The highest BCUT2D eigenvalue weighted by molar-refractivity contribution is 5.92. The molecule has 0 fully saturated rings. The average Bonchev–Trinajstić information content (AvgIpc) is 3.10. The number of carbonyl (C=O) groups excluding carboxylic acids is 1. The molecule has 8 heteroatoms. The lowest BCUT2D eigenvalue weighted by molar-refractivity contribution is 0.0931. The molecule has 0 bridgehead atoms. The maximum atomic E-state index is 11.9. The molecule has 0 saturated heterocycles. The maximum Gasteiger partial charge on any atom is 0.271 e. The fraction of sp³-hybridized carbons (Fsp3) is 0.375. The first-order chi connectivity index (χ1) is 11.6. The van der Waals surface area contributed by atoms with Gasteiger partial charge in [-0.25, -0.2) is 4.68 Å². The number of amides is 1. The van der Waals surface area contributed by atoms with E-state index in [1.54, 1.807) is 24.1 Å². The minimum absolute atomic E-state index is 0.248. The molecule has 1 amide bonds. The van der Waals surface area contributed by atoms with E-state index in [1.807, 2.05) is 24.3 Å². The summed E-state index contributed by atoms with van der Waals surface area (Å²) < 4.78 is 6.49. The number of benzene rings is 1. The lowest BCUT2D eigenvalue weighted by Gasteiger charge is -2.10. The van der Waals surface area contributed by atoms with Gasteiger partial charge in [0.1, 0.15) is 0 Å². The first kappa shape index (κ1) is 17.9. The van der Waals surface area contributed by atoms with Crippen molar-refractivity contribution in [1.82, 2.24) is 15.1 Å². The number of aliphatic hydroxyl groups is 2. The smallest absolute Gasteiger partial charge is 0.271 e. The lowest BCUT2D eigenvalue weighted by atomic mass is 10.2. The predicted molar refractivity (Wildman–Crippen MR) is 89.4 cm³/mol. The largest absolute Gasteiger partial charge is 0.394 e. The van der Waals surface area contributed by atoms with Gasteiger partial charge in [0.25, 0.3) is 5.91 Å². The Labute approximate surface area is 140 Å². The molecule has 130 valence electrons. The van der Waals surface area contributed by atoms with Crippen LogP contribution in [0.2, 0.25) is 0 Å². The zero-order chi connectivity index (χ0) is 17.4. The zero-order valence-corrected chi connectivity index (χ0v) is 13.5. The third kappa shape index (κ3) is 5.05. The number of nitrogens with zero attached hydrogens (tertiary/aromatic N) is 2. The SMILES string of the molecule is COCCNC(=O)c1ccn(-c2ccc(NCC(O)CO)cc2)n1. The van der Waals surface area contributed by atoms with Crippen LogP contribution in [0.25, 0.3) is 5.69 Å². The molecule has 0 spiro atoms. The summed E-state index contributed by atoms with van der Waals surface area (Å²) in [4.78, 5) is 11.9. The van der Waals surface area contributed by atoms with Gasteiger partial charge in [-0.3, -0.25) is 4.79 Å². The van der Waals surface area contributed by atoms with Gasteiger partial charge in [0.05, 0.1) is 25.0 Å². The number of methoxy groups -OCH3 is 1. The highest BCUT2D eigenvalue weighted by Gasteiger charge is 2.09. The monoisotopic (exact) mass is 334 g/mol. The molecule has 1 unspecified atom stereocenters. The van der Waals surface area contributed by atoms with Crippen molar-refractivity contribution < 1.29 is 19.7 Å². The van der Waals surface area contributed by atoms with Gasteiger partial charge in [-0.2, -0.15) is 5.10 Å². The normalized spacial score (nSPS) is 12.0. The van der Waals surface area contributed by atoms with E-state index < -0.39 is 6.10 Å². The zero-order valence-electron chi connectivity index (χ0n) is 13.5. The molecule has 0 aliphatic carbocycles. The summed E-state index contributed by atoms with van der Waals surface area (Å²) in [5.74, 6) is -0.248. The van der Waals surface area contributed by atoms with E-state index >= 15 is 0 Å². The summed E-state index contributed by atoms with van der Waals surface area (Å²) in [7, 11) is 1.57. The number of hydrogen-bond donors (Lipinski definition) is 4. The van der Waals surface area contributed by atoms with Crippen LogP contribution in [-0.4, -0.2) is 65.4 Å². The molecule has 0 radical (unpaired) electrons. The van der Waals surface area contributed by atoms with Crippen LogP contribution in [0.3, 0.4) is 0 Å². The van der Waals surface area contributed by atoms with E-state index in [1.165, 1.54) is 0 Å². The van der Waals surface area contributed by atoms with Crippen LogP contribution in [0, 0.1) is 0 Å². The lowest BCUT2D eigenvalue weighted by Crippen LogP contribution is -2.27. The van der Waals surface area contributed by atoms with Crippen LogP contribution >= 0.6 is 0 Å². The summed E-state index contributed by atoms with van der Waals surface area (Å²) in [6, 6.07) is 8.99. The van der Waals surface area contributed by atoms with E-state index in [2.05, 4.69) is 15.7 Å². The van der Waals surface area contributed by atoms with Crippen LogP contribution in [0.5, 0.6) is 0 Å². The third-order valence-corrected chi connectivity index (χ3v) is 3.30. The molecule has 1 atom stereocenters. The van der Waals surface area contributed by atoms with Crippen LogP contribution in [0.15, 0.2) is 36.5 Å². The van der Waals surface area contributed by atoms with Gasteiger partial charge in [0, 0.05) is 32.1 Å². The molecule has 2 aromatic rings. The molecular formula is C16H22N4O4. The molecule has 0 aliphatic rings. The summed E-state index contributed by atoms with van der Waals surface area (Å²) in [6.45, 7) is 0.866. The van der Waals surface area contributed by atoms with Gasteiger partial charge in [-0.05, 0) is 30.3 Å². The quantitative estimate of drug-likeness (QED) is 0.481. The predicted octanol–water partition coefficient (Wildman–Crippen LogP) is 0.0136. The Kier molecular flexibility index (Phi) is 6.74. The molecule has 8 nitrogen and oxygen atoms in total. The van der Waals surface area contributed by atoms with Crippen LogP contribution < -0.4 is 10.6 Å². The summed E-state index contributed by atoms with van der Waals surface area (Å²) in [6.07, 6.45) is 0.915. The first-order valence-electron chi connectivity index (χ1n) is 7.60. The Morgan fingerprint density at radius 3 is 2.75 bits per heavy atom. The van der Waals surface area contributed by atoms with Crippen molar-refractivity contribution >= 4 is 11.6 Å². The Balaban J connectivity index is 1.95. The number of ether oxygens (including phenoxy) is 1. The number of rotatable bonds is 9. The van der Waals surface area contributed by atoms with E-state index in [-0.39, 0.29) is 19.1 Å². The fourth-order valence-electron chi connectivity index (χ4n) is 1.98. The number of aromatic nitrogens is 2. The molecule has 1 aromatic carbocycles. The third-order valence-electron chi connectivity index (χ3n) is 3.30. The number of carbonyl (C=O) groups is 1. The molecule has 2 rings (SSSR count). The van der Waals surface area contributed by atoms with Crippen LogP contribution in [0.1, 0.15) is 10.5 Å². The van der Waals surface area contributed by atoms with Gasteiger partial charge in [-0.1, -0.05) is 0 Å². The second-order valence-corrected chi connectivity index (χ2v) is 5.16. The summed E-state index contributed by atoms with van der Waals surface area (Å²) in [5, 5.41) is 28.1. The van der Waals surface area contributed by atoms with Crippen molar-refractivity contribution in [3.8, 4) is 5.69 Å². The van der Waals surface area contributed by atoms with E-state index in [4.69, 9.17) is 9.84 Å². The van der Waals surface area contributed by atoms with Crippen molar-refractivity contribution in [2.75, 3.05) is 38.7 Å². The molecule has 1 heterocycles. The van der Waals surface area contributed by atoms with Crippen molar-refractivity contribution in [2.24, 2.45) is 0 Å². The minimum atomic E-state index is -0.796. The van der Waals surface area contributed by atoms with Crippen molar-refractivity contribution in [1.29, 1.82) is 0 Å². The number of anilines is 1. The molecule has 1 aromatic heterocycles. The molecule has 24 heavy (non-hydrogen) atoms. The van der Waals surface area contributed by atoms with Crippen LogP contribution in [0.4, 0.5) is 5.69 Å². The molecule has 0 saturated carbocycles. The van der Waals surface area contributed by atoms with Gasteiger partial charge in [0.15, 0.2) is 5.69 Å². The highest BCUT2D eigenvalue weighted by atomic mass is 16.5. The second-order valence-electron chi connectivity index (χ2n) is 5.16. The summed E-state index contributed by atoms with van der Waals surface area (Å²) >= 11 is 0. The summed E-state index contributed by atoms with van der Waals surface area (Å²) in [5.41, 5.74) is 1.95. The van der Waals surface area contributed by atoms with Gasteiger partial charge in [-0.15, -0.1) is 0 Å².